The highest BCUT2D eigenvalue weighted by molar-refractivity contribution is 7.10. The van der Waals surface area contributed by atoms with Crippen LogP contribution in [0.4, 0.5) is 10.8 Å². The molecular weight excluding hydrogens is 262 g/mol. The molecule has 108 valence electrons. The number of hydrogen-bond donors (Lipinski definition) is 2. The van der Waals surface area contributed by atoms with Crippen molar-refractivity contribution >= 4 is 22.4 Å². The highest BCUT2D eigenvalue weighted by Gasteiger charge is 2.30. The maximum atomic E-state index is 5.91. The van der Waals surface area contributed by atoms with E-state index in [-0.39, 0.29) is 0 Å². The first-order valence-electron chi connectivity index (χ1n) is 6.88. The van der Waals surface area contributed by atoms with E-state index in [1.165, 1.54) is 34.9 Å². The zero-order valence-corrected chi connectivity index (χ0v) is 12.3. The van der Waals surface area contributed by atoms with Crippen LogP contribution in [0.1, 0.15) is 37.2 Å². The lowest BCUT2D eigenvalue weighted by Gasteiger charge is -2.07. The molecular formula is C13H23N3O2S. The average Bonchev–Trinajstić information content (AvgIpc) is 3.17. The highest BCUT2D eigenvalue weighted by atomic mass is 32.1. The predicted molar refractivity (Wildman–Crippen MR) is 78.9 cm³/mol. The van der Waals surface area contributed by atoms with Crippen LogP contribution >= 0.6 is 11.5 Å². The van der Waals surface area contributed by atoms with Crippen molar-refractivity contribution in [3.05, 3.63) is 5.56 Å². The van der Waals surface area contributed by atoms with E-state index in [0.717, 1.165) is 31.8 Å². The number of methoxy groups -OCH3 is 1. The Labute approximate surface area is 118 Å². The van der Waals surface area contributed by atoms with Crippen molar-refractivity contribution < 1.29 is 9.47 Å². The number of nitrogens with zero attached hydrogens (tertiary/aromatic N) is 1. The molecule has 1 aromatic heterocycles. The first-order chi connectivity index (χ1) is 9.33. The summed E-state index contributed by atoms with van der Waals surface area (Å²) < 4.78 is 14.6. The van der Waals surface area contributed by atoms with Gasteiger partial charge in [-0.1, -0.05) is 0 Å². The van der Waals surface area contributed by atoms with Gasteiger partial charge in [-0.15, -0.1) is 0 Å². The molecule has 1 aliphatic rings. The Bertz CT molecular complexity index is 380. The Kier molecular flexibility index (Phi) is 5.88. The molecule has 2 rings (SSSR count). The van der Waals surface area contributed by atoms with E-state index < -0.39 is 0 Å². The Morgan fingerprint density at radius 1 is 1.32 bits per heavy atom. The summed E-state index contributed by atoms with van der Waals surface area (Å²) in [5.41, 5.74) is 7.16. The van der Waals surface area contributed by atoms with E-state index in [9.17, 15) is 0 Å². The van der Waals surface area contributed by atoms with Gasteiger partial charge in [0, 0.05) is 25.8 Å². The fourth-order valence-corrected chi connectivity index (χ4v) is 2.80. The van der Waals surface area contributed by atoms with Crippen LogP contribution in [-0.4, -0.2) is 37.8 Å². The standard InChI is InChI=1S/C13H23N3O2S/c1-17-8-9-18-7-3-2-6-15-13-11(10-4-5-10)12(14)16-19-13/h10,15H,2-9H2,1H3,(H2,14,16). The molecule has 1 saturated carbocycles. The van der Waals surface area contributed by atoms with E-state index in [1.807, 2.05) is 0 Å². The van der Waals surface area contributed by atoms with Crippen LogP contribution < -0.4 is 11.1 Å². The highest BCUT2D eigenvalue weighted by Crippen LogP contribution is 2.47. The number of ether oxygens (including phenoxy) is 2. The maximum Gasteiger partial charge on any atom is 0.142 e. The van der Waals surface area contributed by atoms with Gasteiger partial charge >= 0.3 is 0 Å². The summed E-state index contributed by atoms with van der Waals surface area (Å²) >= 11 is 1.49. The minimum Gasteiger partial charge on any atom is -0.383 e. The van der Waals surface area contributed by atoms with E-state index in [1.54, 1.807) is 7.11 Å². The van der Waals surface area contributed by atoms with Gasteiger partial charge in [-0.05, 0) is 43.1 Å². The van der Waals surface area contributed by atoms with Gasteiger partial charge in [0.15, 0.2) is 0 Å². The second-order valence-corrected chi connectivity index (χ2v) is 5.60. The summed E-state index contributed by atoms with van der Waals surface area (Å²) in [5, 5.41) is 4.62. The molecule has 0 spiro atoms. The van der Waals surface area contributed by atoms with Crippen LogP contribution in [0.3, 0.4) is 0 Å². The number of nitrogens with one attached hydrogen (secondary N) is 1. The number of hydrogen-bond acceptors (Lipinski definition) is 6. The normalized spacial score (nSPS) is 14.8. The predicted octanol–water partition coefficient (Wildman–Crippen LogP) is 2.46. The summed E-state index contributed by atoms with van der Waals surface area (Å²) in [4.78, 5) is 0. The van der Waals surface area contributed by atoms with Crippen molar-refractivity contribution in [1.29, 1.82) is 0 Å². The molecule has 3 N–H and O–H groups in total. The summed E-state index contributed by atoms with van der Waals surface area (Å²) in [6.45, 7) is 3.10. The molecule has 0 aromatic carbocycles. The lowest BCUT2D eigenvalue weighted by atomic mass is 10.2. The molecule has 1 aliphatic carbocycles. The molecule has 0 bridgehead atoms. The fourth-order valence-electron chi connectivity index (χ4n) is 1.98. The first kappa shape index (κ1) is 14.6. The van der Waals surface area contributed by atoms with Crippen LogP contribution in [0.2, 0.25) is 0 Å². The molecule has 1 fully saturated rings. The van der Waals surface area contributed by atoms with Gasteiger partial charge in [0.25, 0.3) is 0 Å². The lowest BCUT2D eigenvalue weighted by molar-refractivity contribution is 0.0691. The molecule has 0 unspecified atom stereocenters. The second kappa shape index (κ2) is 7.67. The molecule has 0 saturated heterocycles. The third-order valence-electron chi connectivity index (χ3n) is 3.17. The molecule has 1 aromatic rings. The summed E-state index contributed by atoms with van der Waals surface area (Å²) in [6, 6.07) is 0. The molecule has 0 amide bonds. The van der Waals surface area contributed by atoms with Crippen molar-refractivity contribution in [2.45, 2.75) is 31.6 Å². The monoisotopic (exact) mass is 285 g/mol. The van der Waals surface area contributed by atoms with Crippen LogP contribution in [0, 0.1) is 0 Å². The third kappa shape index (κ3) is 4.63. The smallest absolute Gasteiger partial charge is 0.142 e. The van der Waals surface area contributed by atoms with Gasteiger partial charge in [0.1, 0.15) is 10.8 Å². The van der Waals surface area contributed by atoms with Gasteiger partial charge in [0.05, 0.1) is 13.2 Å². The second-order valence-electron chi connectivity index (χ2n) is 4.82. The van der Waals surface area contributed by atoms with Crippen LogP contribution in [0.25, 0.3) is 0 Å². The lowest BCUT2D eigenvalue weighted by Crippen LogP contribution is -2.06. The van der Waals surface area contributed by atoms with Gasteiger partial charge in [-0.3, -0.25) is 0 Å². The fraction of sp³-hybridized carbons (Fsp3) is 0.769. The van der Waals surface area contributed by atoms with E-state index >= 15 is 0 Å². The van der Waals surface area contributed by atoms with E-state index in [0.29, 0.717) is 19.1 Å². The molecule has 5 nitrogen and oxygen atoms in total. The number of rotatable bonds is 10. The van der Waals surface area contributed by atoms with E-state index in [2.05, 4.69) is 9.69 Å². The molecule has 1 heterocycles. The maximum absolute atomic E-state index is 5.91. The largest absolute Gasteiger partial charge is 0.383 e. The Morgan fingerprint density at radius 3 is 2.89 bits per heavy atom. The minimum atomic E-state index is 0.652. The van der Waals surface area contributed by atoms with Crippen molar-refractivity contribution in [1.82, 2.24) is 4.37 Å². The number of anilines is 2. The number of nitrogen functional groups attached to an aromatic ring is 1. The summed E-state index contributed by atoms with van der Waals surface area (Å²) in [6.07, 6.45) is 4.66. The van der Waals surface area contributed by atoms with Crippen molar-refractivity contribution in [2.75, 3.05) is 44.5 Å². The SMILES string of the molecule is COCCOCCCCNc1snc(N)c1C1CC1. The third-order valence-corrected chi connectivity index (χ3v) is 4.01. The number of aromatic nitrogens is 1. The number of unbranched alkanes of at least 4 members (excludes halogenated alkanes) is 1. The molecule has 0 radical (unpaired) electrons. The van der Waals surface area contributed by atoms with Crippen LogP contribution in [0.15, 0.2) is 0 Å². The Balaban J connectivity index is 1.58. The zero-order chi connectivity index (χ0) is 13.5. The molecule has 0 aliphatic heterocycles. The van der Waals surface area contributed by atoms with Gasteiger partial charge < -0.3 is 20.5 Å². The zero-order valence-electron chi connectivity index (χ0n) is 11.5. The molecule has 19 heavy (non-hydrogen) atoms. The van der Waals surface area contributed by atoms with Crippen molar-refractivity contribution in [2.24, 2.45) is 0 Å². The average molecular weight is 285 g/mol. The molecule has 0 atom stereocenters. The van der Waals surface area contributed by atoms with Gasteiger partial charge in [0.2, 0.25) is 0 Å². The summed E-state index contributed by atoms with van der Waals surface area (Å²) in [5.74, 6) is 1.37. The van der Waals surface area contributed by atoms with Crippen LogP contribution in [-0.2, 0) is 9.47 Å². The van der Waals surface area contributed by atoms with Gasteiger partial charge in [-0.25, -0.2) is 0 Å². The van der Waals surface area contributed by atoms with Crippen molar-refractivity contribution in [3.8, 4) is 0 Å². The van der Waals surface area contributed by atoms with E-state index in [4.69, 9.17) is 15.2 Å². The first-order valence-corrected chi connectivity index (χ1v) is 7.66. The topological polar surface area (TPSA) is 69.4 Å². The Hall–Kier alpha value is -0.850. The quantitative estimate of drug-likeness (QED) is 0.646. The Morgan fingerprint density at radius 2 is 2.16 bits per heavy atom. The minimum absolute atomic E-state index is 0.652. The molecule has 6 heteroatoms. The van der Waals surface area contributed by atoms with Crippen LogP contribution in [0.5, 0.6) is 0 Å². The number of nitrogens with two attached hydrogens (primary N) is 1. The summed E-state index contributed by atoms with van der Waals surface area (Å²) in [7, 11) is 1.69. The van der Waals surface area contributed by atoms with Crippen molar-refractivity contribution in [3.63, 3.8) is 0 Å². The van der Waals surface area contributed by atoms with Gasteiger partial charge in [-0.2, -0.15) is 4.37 Å².